The number of amides is 1. The zero-order chi connectivity index (χ0) is 17.0. The third-order valence-corrected chi connectivity index (χ3v) is 4.80. The molecule has 0 aromatic heterocycles. The van der Waals surface area contributed by atoms with Crippen LogP contribution in [0.5, 0.6) is 0 Å². The van der Waals surface area contributed by atoms with Crippen molar-refractivity contribution in [3.63, 3.8) is 0 Å². The Morgan fingerprint density at radius 3 is 2.74 bits per heavy atom. The van der Waals surface area contributed by atoms with Crippen LogP contribution in [0.1, 0.15) is 49.0 Å². The van der Waals surface area contributed by atoms with Crippen molar-refractivity contribution in [2.75, 3.05) is 6.61 Å². The highest BCUT2D eigenvalue weighted by Crippen LogP contribution is 2.29. The van der Waals surface area contributed by atoms with E-state index in [4.69, 9.17) is 4.74 Å². The minimum atomic E-state index is -0.691. The maximum absolute atomic E-state index is 13.4. The molecule has 3 atom stereocenters. The first kappa shape index (κ1) is 17.4. The Morgan fingerprint density at radius 2 is 2.04 bits per heavy atom. The largest absolute Gasteiger partial charge is 0.452 e. The van der Waals surface area contributed by atoms with Crippen molar-refractivity contribution in [2.45, 2.75) is 46.1 Å². The lowest BCUT2D eigenvalue weighted by Gasteiger charge is -2.34. The van der Waals surface area contributed by atoms with E-state index in [-0.39, 0.29) is 24.1 Å². The van der Waals surface area contributed by atoms with Gasteiger partial charge in [-0.25, -0.2) is 9.18 Å². The molecule has 23 heavy (non-hydrogen) atoms. The first-order valence-corrected chi connectivity index (χ1v) is 8.11. The van der Waals surface area contributed by atoms with Crippen LogP contribution in [0.25, 0.3) is 0 Å². The van der Waals surface area contributed by atoms with Crippen LogP contribution in [0.3, 0.4) is 0 Å². The number of nitrogens with one attached hydrogen (secondary N) is 1. The van der Waals surface area contributed by atoms with Gasteiger partial charge in [-0.1, -0.05) is 32.8 Å². The highest BCUT2D eigenvalue weighted by molar-refractivity contribution is 5.91. The van der Waals surface area contributed by atoms with Gasteiger partial charge in [0.2, 0.25) is 0 Å². The summed E-state index contributed by atoms with van der Waals surface area (Å²) in [6, 6.07) is 4.25. The van der Waals surface area contributed by atoms with Crippen molar-refractivity contribution in [1.82, 2.24) is 5.32 Å². The Labute approximate surface area is 136 Å². The number of halogens is 1. The molecule has 4 nitrogen and oxygen atoms in total. The summed E-state index contributed by atoms with van der Waals surface area (Å²) in [5.74, 6) is -0.475. The Hall–Kier alpha value is -1.91. The maximum Gasteiger partial charge on any atom is 0.338 e. The second-order valence-electron chi connectivity index (χ2n) is 6.48. The highest BCUT2D eigenvalue weighted by Gasteiger charge is 2.28. The Kier molecular flexibility index (Phi) is 5.74. The monoisotopic (exact) mass is 321 g/mol. The Balaban J connectivity index is 1.84. The van der Waals surface area contributed by atoms with Crippen molar-refractivity contribution in [1.29, 1.82) is 0 Å². The van der Waals surface area contributed by atoms with Gasteiger partial charge in [0, 0.05) is 6.04 Å². The fraction of sp³-hybridized carbons (Fsp3) is 0.556. The van der Waals surface area contributed by atoms with Crippen molar-refractivity contribution < 1.29 is 18.7 Å². The molecule has 5 heteroatoms. The Morgan fingerprint density at radius 1 is 1.30 bits per heavy atom. The van der Waals surface area contributed by atoms with Crippen LogP contribution >= 0.6 is 0 Å². The van der Waals surface area contributed by atoms with Crippen LogP contribution in [0.4, 0.5) is 4.39 Å². The van der Waals surface area contributed by atoms with Crippen molar-refractivity contribution >= 4 is 11.9 Å². The van der Waals surface area contributed by atoms with E-state index in [2.05, 4.69) is 19.2 Å². The number of rotatable bonds is 4. The molecule has 0 radical (unpaired) electrons. The van der Waals surface area contributed by atoms with Gasteiger partial charge in [-0.05, 0) is 42.9 Å². The second kappa shape index (κ2) is 7.57. The molecule has 1 aromatic carbocycles. The average Bonchev–Trinajstić information content (AvgIpc) is 2.52. The van der Waals surface area contributed by atoms with Crippen LogP contribution in [-0.4, -0.2) is 24.5 Å². The fourth-order valence-corrected chi connectivity index (χ4v) is 2.97. The van der Waals surface area contributed by atoms with Crippen LogP contribution in [-0.2, 0) is 9.53 Å². The number of ether oxygens (including phenoxy) is 1. The normalized spacial score (nSPS) is 24.1. The molecule has 1 aliphatic carbocycles. The van der Waals surface area contributed by atoms with Gasteiger partial charge >= 0.3 is 5.97 Å². The van der Waals surface area contributed by atoms with Gasteiger partial charge in [-0.2, -0.15) is 0 Å². The molecule has 2 rings (SSSR count). The summed E-state index contributed by atoms with van der Waals surface area (Å²) in [6.45, 7) is 5.60. The predicted octanol–water partition coefficient (Wildman–Crippen LogP) is 3.23. The van der Waals surface area contributed by atoms with E-state index in [0.29, 0.717) is 17.4 Å². The molecule has 1 fully saturated rings. The van der Waals surface area contributed by atoms with Crippen molar-refractivity contribution in [2.24, 2.45) is 11.8 Å². The summed E-state index contributed by atoms with van der Waals surface area (Å²) in [5.41, 5.74) is 0.570. The molecule has 0 saturated heterocycles. The topological polar surface area (TPSA) is 55.4 Å². The SMILES string of the molecule is Cc1ccc(C(=O)OCC(=O)NC2CCCC(C)C2C)cc1F. The lowest BCUT2D eigenvalue weighted by molar-refractivity contribution is -0.125. The van der Waals surface area contributed by atoms with Gasteiger partial charge in [-0.15, -0.1) is 0 Å². The van der Waals surface area contributed by atoms with E-state index in [9.17, 15) is 14.0 Å². The number of carbonyl (C=O) groups is 2. The first-order chi connectivity index (χ1) is 10.9. The number of aryl methyl sites for hydroxylation is 1. The zero-order valence-corrected chi connectivity index (χ0v) is 13.9. The molecule has 0 aliphatic heterocycles. The number of benzene rings is 1. The summed E-state index contributed by atoms with van der Waals surface area (Å²) in [5, 5.41) is 2.94. The molecule has 1 aromatic rings. The lowest BCUT2D eigenvalue weighted by Crippen LogP contribution is -2.45. The number of hydrogen-bond donors (Lipinski definition) is 1. The van der Waals surface area contributed by atoms with Crippen LogP contribution in [0.2, 0.25) is 0 Å². The standard InChI is InChI=1S/C18H24FNO3/c1-11-5-4-6-16(13(11)3)20-17(21)10-23-18(22)14-8-7-12(2)15(19)9-14/h7-9,11,13,16H,4-6,10H2,1-3H3,(H,20,21). The minimum absolute atomic E-state index is 0.112. The minimum Gasteiger partial charge on any atom is -0.452 e. The number of carbonyl (C=O) groups excluding carboxylic acids is 2. The second-order valence-corrected chi connectivity index (χ2v) is 6.48. The van der Waals surface area contributed by atoms with Gasteiger partial charge in [0.25, 0.3) is 5.91 Å². The molecule has 0 heterocycles. The van der Waals surface area contributed by atoms with Crippen molar-refractivity contribution in [3.05, 3.63) is 35.1 Å². The van der Waals surface area contributed by atoms with Crippen molar-refractivity contribution in [3.8, 4) is 0 Å². The van der Waals surface area contributed by atoms with Gasteiger partial charge in [0.1, 0.15) is 5.82 Å². The summed E-state index contributed by atoms with van der Waals surface area (Å²) in [7, 11) is 0. The van der Waals surface area contributed by atoms with Gasteiger partial charge < -0.3 is 10.1 Å². The summed E-state index contributed by atoms with van der Waals surface area (Å²) in [6.07, 6.45) is 3.23. The quantitative estimate of drug-likeness (QED) is 0.866. The summed E-state index contributed by atoms with van der Waals surface area (Å²) >= 11 is 0. The van der Waals surface area contributed by atoms with E-state index in [0.717, 1.165) is 18.9 Å². The molecule has 126 valence electrons. The van der Waals surface area contributed by atoms with Crippen LogP contribution in [0, 0.1) is 24.6 Å². The first-order valence-electron chi connectivity index (χ1n) is 8.11. The van der Waals surface area contributed by atoms with E-state index >= 15 is 0 Å². The van der Waals surface area contributed by atoms with E-state index < -0.39 is 11.8 Å². The maximum atomic E-state index is 13.4. The third-order valence-electron chi connectivity index (χ3n) is 4.80. The Bertz CT molecular complexity index is 588. The molecule has 0 spiro atoms. The van der Waals surface area contributed by atoms with E-state index in [1.54, 1.807) is 6.92 Å². The summed E-state index contributed by atoms with van der Waals surface area (Å²) in [4.78, 5) is 23.8. The van der Waals surface area contributed by atoms with Crippen LogP contribution in [0.15, 0.2) is 18.2 Å². The molecular formula is C18H24FNO3. The zero-order valence-electron chi connectivity index (χ0n) is 13.9. The van der Waals surface area contributed by atoms with E-state index in [1.165, 1.54) is 18.6 Å². The molecular weight excluding hydrogens is 297 g/mol. The molecule has 1 aliphatic rings. The summed E-state index contributed by atoms with van der Waals surface area (Å²) < 4.78 is 18.4. The molecule has 1 amide bonds. The fourth-order valence-electron chi connectivity index (χ4n) is 2.97. The molecule has 0 bridgehead atoms. The average molecular weight is 321 g/mol. The van der Waals surface area contributed by atoms with E-state index in [1.807, 2.05) is 0 Å². The van der Waals surface area contributed by atoms with Gasteiger partial charge in [-0.3, -0.25) is 4.79 Å². The number of esters is 1. The highest BCUT2D eigenvalue weighted by atomic mass is 19.1. The smallest absolute Gasteiger partial charge is 0.338 e. The van der Waals surface area contributed by atoms with Crippen LogP contribution < -0.4 is 5.32 Å². The molecule has 1 N–H and O–H groups in total. The lowest BCUT2D eigenvalue weighted by atomic mass is 9.78. The third kappa shape index (κ3) is 4.53. The van der Waals surface area contributed by atoms with Gasteiger partial charge in [0.05, 0.1) is 5.56 Å². The number of hydrogen-bond acceptors (Lipinski definition) is 3. The molecule has 3 unspecified atom stereocenters. The molecule has 1 saturated carbocycles. The van der Waals surface area contributed by atoms with Gasteiger partial charge in [0.15, 0.2) is 6.61 Å². The predicted molar refractivity (Wildman–Crippen MR) is 85.5 cm³/mol.